The van der Waals surface area contributed by atoms with E-state index in [4.69, 9.17) is 0 Å². The van der Waals surface area contributed by atoms with E-state index in [9.17, 15) is 22.4 Å². The third kappa shape index (κ3) is 3.53. The first-order chi connectivity index (χ1) is 14.1. The number of alkyl halides is 4. The second-order valence-electron chi connectivity index (χ2n) is 7.70. The Morgan fingerprint density at radius 2 is 1.93 bits per heavy atom. The zero-order chi connectivity index (χ0) is 21.7. The van der Waals surface area contributed by atoms with E-state index < -0.39 is 24.0 Å². The van der Waals surface area contributed by atoms with E-state index in [-0.39, 0.29) is 17.7 Å². The van der Waals surface area contributed by atoms with Crippen molar-refractivity contribution < 1.29 is 17.6 Å². The predicted octanol–water partition coefficient (Wildman–Crippen LogP) is 4.50. The lowest BCUT2D eigenvalue weighted by Crippen LogP contribution is -2.31. The fraction of sp³-hybridized carbons (Fsp3) is 0.381. The minimum Gasteiger partial charge on any atom is -0.365 e. The third-order valence-corrected chi connectivity index (χ3v) is 5.63. The molecule has 0 amide bonds. The number of nitrogens with one attached hydrogen (secondary N) is 1. The fourth-order valence-electron chi connectivity index (χ4n) is 3.67. The molecule has 158 valence electrons. The van der Waals surface area contributed by atoms with Gasteiger partial charge in [0, 0.05) is 18.8 Å². The van der Waals surface area contributed by atoms with Crippen LogP contribution in [0.15, 0.2) is 35.3 Å². The van der Waals surface area contributed by atoms with Crippen LogP contribution in [0.4, 0.5) is 23.4 Å². The molecule has 3 aromatic rings. The second-order valence-corrected chi connectivity index (χ2v) is 7.70. The molecule has 0 bridgehead atoms. The van der Waals surface area contributed by atoms with Gasteiger partial charge in [-0.05, 0) is 43.9 Å². The zero-order valence-corrected chi connectivity index (χ0v) is 16.5. The van der Waals surface area contributed by atoms with Gasteiger partial charge in [0.2, 0.25) is 0 Å². The van der Waals surface area contributed by atoms with Crippen LogP contribution in [0, 0.1) is 13.8 Å². The highest BCUT2D eigenvalue weighted by atomic mass is 19.4. The molecule has 0 aliphatic heterocycles. The monoisotopic (exact) mass is 420 g/mol. The van der Waals surface area contributed by atoms with Gasteiger partial charge in [-0.1, -0.05) is 12.1 Å². The van der Waals surface area contributed by atoms with Crippen LogP contribution in [0.25, 0.3) is 10.9 Å². The Bertz CT molecular complexity index is 1180. The normalized spacial score (nSPS) is 15.4. The summed E-state index contributed by atoms with van der Waals surface area (Å²) in [6, 6.07) is 5.38. The van der Waals surface area contributed by atoms with Gasteiger partial charge < -0.3 is 9.88 Å². The molecular formula is C21H20F4N4O. The first-order valence-corrected chi connectivity index (χ1v) is 9.52. The van der Waals surface area contributed by atoms with Gasteiger partial charge in [0.1, 0.15) is 18.3 Å². The molecule has 2 aromatic heterocycles. The molecule has 1 saturated carbocycles. The standard InChI is InChI=1S/C21H20F4N4O/c1-12-14(4-3-5-16(12)21(23,24)25)9-26-19-15-10-29(20(11-22)6-7-20)18(30)8-17(15)27-13(2)28-19/h3-5,8,10H,6-7,9,11H2,1-2H3,(H,26,27,28). The maximum Gasteiger partial charge on any atom is 0.416 e. The van der Waals surface area contributed by atoms with Crippen LogP contribution in [0.3, 0.4) is 0 Å². The number of fused-ring (bicyclic) bond motifs is 1. The highest BCUT2D eigenvalue weighted by molar-refractivity contribution is 5.88. The molecule has 1 aromatic carbocycles. The molecule has 1 aliphatic carbocycles. The summed E-state index contributed by atoms with van der Waals surface area (Å²) >= 11 is 0. The first kappa shape index (κ1) is 20.3. The number of halogens is 4. The van der Waals surface area contributed by atoms with Gasteiger partial charge >= 0.3 is 6.18 Å². The lowest BCUT2D eigenvalue weighted by atomic mass is 10.0. The Morgan fingerprint density at radius 1 is 1.20 bits per heavy atom. The minimum atomic E-state index is -4.43. The van der Waals surface area contributed by atoms with Gasteiger partial charge in [0.25, 0.3) is 5.56 Å². The summed E-state index contributed by atoms with van der Waals surface area (Å²) in [6.07, 6.45) is -1.73. The first-order valence-electron chi connectivity index (χ1n) is 9.52. The summed E-state index contributed by atoms with van der Waals surface area (Å²) < 4.78 is 54.4. The van der Waals surface area contributed by atoms with Crippen LogP contribution < -0.4 is 10.9 Å². The Labute approximate surface area is 169 Å². The van der Waals surface area contributed by atoms with E-state index >= 15 is 0 Å². The smallest absolute Gasteiger partial charge is 0.365 e. The number of hydrogen-bond donors (Lipinski definition) is 1. The van der Waals surface area contributed by atoms with Crippen molar-refractivity contribution in [1.29, 1.82) is 0 Å². The molecule has 0 saturated heterocycles. The van der Waals surface area contributed by atoms with Gasteiger partial charge in [0.15, 0.2) is 0 Å². The van der Waals surface area contributed by atoms with Crippen molar-refractivity contribution in [1.82, 2.24) is 14.5 Å². The van der Waals surface area contributed by atoms with Crippen molar-refractivity contribution in [2.75, 3.05) is 12.0 Å². The van der Waals surface area contributed by atoms with Gasteiger partial charge in [-0.3, -0.25) is 4.79 Å². The molecule has 1 fully saturated rings. The van der Waals surface area contributed by atoms with Crippen LogP contribution in [0.2, 0.25) is 0 Å². The number of anilines is 1. The molecule has 4 rings (SSSR count). The molecule has 30 heavy (non-hydrogen) atoms. The van der Waals surface area contributed by atoms with E-state index in [0.717, 1.165) is 6.07 Å². The van der Waals surface area contributed by atoms with E-state index in [1.807, 2.05) is 0 Å². The molecular weight excluding hydrogens is 400 g/mol. The van der Waals surface area contributed by atoms with Crippen LogP contribution in [0.1, 0.15) is 35.4 Å². The van der Waals surface area contributed by atoms with Gasteiger partial charge in [-0.15, -0.1) is 0 Å². The van der Waals surface area contributed by atoms with Crippen LogP contribution >= 0.6 is 0 Å². The van der Waals surface area contributed by atoms with Crippen molar-refractivity contribution in [3.8, 4) is 0 Å². The van der Waals surface area contributed by atoms with Crippen molar-refractivity contribution in [2.24, 2.45) is 0 Å². The quantitative estimate of drug-likeness (QED) is 0.618. The van der Waals surface area contributed by atoms with E-state index in [1.165, 1.54) is 23.6 Å². The maximum atomic E-state index is 13.5. The summed E-state index contributed by atoms with van der Waals surface area (Å²) in [5.41, 5.74) is -0.815. The molecule has 9 heteroatoms. The Kier molecular flexibility index (Phi) is 4.79. The van der Waals surface area contributed by atoms with Crippen molar-refractivity contribution in [2.45, 2.75) is 44.9 Å². The van der Waals surface area contributed by atoms with Gasteiger partial charge in [-0.2, -0.15) is 13.2 Å². The number of rotatable bonds is 5. The highest BCUT2D eigenvalue weighted by Gasteiger charge is 2.45. The number of aromatic nitrogens is 3. The highest BCUT2D eigenvalue weighted by Crippen LogP contribution is 2.43. The van der Waals surface area contributed by atoms with Crippen LogP contribution in [-0.4, -0.2) is 21.2 Å². The van der Waals surface area contributed by atoms with Crippen molar-refractivity contribution >= 4 is 16.7 Å². The average Bonchev–Trinajstić information content (AvgIpc) is 3.46. The van der Waals surface area contributed by atoms with Crippen molar-refractivity contribution in [3.05, 3.63) is 63.3 Å². The SMILES string of the molecule is Cc1nc(NCc2cccc(C(F)(F)F)c2C)c2cn(C3(CF)CC3)c(=O)cc2n1. The molecule has 0 spiro atoms. The largest absolute Gasteiger partial charge is 0.416 e. The maximum absolute atomic E-state index is 13.5. The molecule has 2 heterocycles. The summed E-state index contributed by atoms with van der Waals surface area (Å²) in [6.45, 7) is 2.56. The Balaban J connectivity index is 1.73. The summed E-state index contributed by atoms with van der Waals surface area (Å²) in [4.78, 5) is 21.1. The topological polar surface area (TPSA) is 59.8 Å². The molecule has 0 radical (unpaired) electrons. The number of nitrogens with zero attached hydrogens (tertiary/aromatic N) is 3. The second kappa shape index (κ2) is 7.07. The third-order valence-electron chi connectivity index (χ3n) is 5.63. The van der Waals surface area contributed by atoms with Gasteiger partial charge in [0.05, 0.1) is 22.0 Å². The molecule has 1 aliphatic rings. The number of hydrogen-bond acceptors (Lipinski definition) is 4. The number of benzene rings is 1. The number of aryl methyl sites for hydroxylation is 1. The lowest BCUT2D eigenvalue weighted by molar-refractivity contribution is -0.138. The van der Waals surface area contributed by atoms with E-state index in [0.29, 0.717) is 41.0 Å². The summed E-state index contributed by atoms with van der Waals surface area (Å²) in [5.74, 6) is 0.798. The predicted molar refractivity (Wildman–Crippen MR) is 105 cm³/mol. The Morgan fingerprint density at radius 3 is 2.57 bits per heavy atom. The lowest BCUT2D eigenvalue weighted by Gasteiger charge is -2.18. The molecule has 1 N–H and O–H groups in total. The number of pyridine rings is 1. The Hall–Kier alpha value is -2.97. The van der Waals surface area contributed by atoms with E-state index in [1.54, 1.807) is 19.2 Å². The van der Waals surface area contributed by atoms with E-state index in [2.05, 4.69) is 15.3 Å². The molecule has 0 unspecified atom stereocenters. The molecule has 0 atom stereocenters. The summed E-state index contributed by atoms with van der Waals surface area (Å²) in [5, 5.41) is 3.59. The zero-order valence-electron chi connectivity index (χ0n) is 16.5. The van der Waals surface area contributed by atoms with Crippen LogP contribution in [-0.2, 0) is 18.3 Å². The minimum absolute atomic E-state index is 0.106. The fourth-order valence-corrected chi connectivity index (χ4v) is 3.67. The average molecular weight is 420 g/mol. The van der Waals surface area contributed by atoms with Crippen LogP contribution in [0.5, 0.6) is 0 Å². The van der Waals surface area contributed by atoms with Gasteiger partial charge in [-0.25, -0.2) is 14.4 Å². The molecule has 5 nitrogen and oxygen atoms in total. The van der Waals surface area contributed by atoms with Crippen molar-refractivity contribution in [3.63, 3.8) is 0 Å². The summed E-state index contributed by atoms with van der Waals surface area (Å²) in [7, 11) is 0.